The molecule has 1 atom stereocenters. The van der Waals surface area contributed by atoms with Crippen molar-refractivity contribution in [3.63, 3.8) is 0 Å². The standard InChI is InChI=1S/C8H18N2/c1-8(2)6-10-5-7(8)4-9-3/h7,9-10H,4-6H2,1-3H3. The third-order valence-electron chi connectivity index (χ3n) is 2.53. The number of nitrogens with one attached hydrogen (secondary N) is 2. The van der Waals surface area contributed by atoms with Crippen LogP contribution in [0.15, 0.2) is 0 Å². The molecule has 1 unspecified atom stereocenters. The molecule has 2 heteroatoms. The van der Waals surface area contributed by atoms with Crippen LogP contribution in [0.5, 0.6) is 0 Å². The second-order valence-electron chi connectivity index (χ2n) is 3.87. The maximum atomic E-state index is 3.41. The van der Waals surface area contributed by atoms with Gasteiger partial charge in [0.2, 0.25) is 0 Å². The van der Waals surface area contributed by atoms with Crippen LogP contribution in [0, 0.1) is 11.3 Å². The third-order valence-corrected chi connectivity index (χ3v) is 2.53. The Balaban J connectivity index is 2.43. The smallest absolute Gasteiger partial charge is 0.000626 e. The summed E-state index contributed by atoms with van der Waals surface area (Å²) in [5.41, 5.74) is 0.489. The normalized spacial score (nSPS) is 30.9. The molecule has 0 radical (unpaired) electrons. The third kappa shape index (κ3) is 1.50. The molecule has 1 aliphatic rings. The van der Waals surface area contributed by atoms with E-state index in [1.807, 2.05) is 7.05 Å². The topological polar surface area (TPSA) is 24.1 Å². The van der Waals surface area contributed by atoms with Gasteiger partial charge in [-0.15, -0.1) is 0 Å². The summed E-state index contributed by atoms with van der Waals surface area (Å²) in [6.07, 6.45) is 0. The Morgan fingerprint density at radius 1 is 1.60 bits per heavy atom. The lowest BCUT2D eigenvalue weighted by Crippen LogP contribution is -2.30. The minimum Gasteiger partial charge on any atom is -0.319 e. The Morgan fingerprint density at radius 3 is 2.70 bits per heavy atom. The van der Waals surface area contributed by atoms with Crippen LogP contribution in [0.3, 0.4) is 0 Å². The quantitative estimate of drug-likeness (QED) is 0.585. The van der Waals surface area contributed by atoms with Gasteiger partial charge in [-0.3, -0.25) is 0 Å². The molecule has 0 spiro atoms. The van der Waals surface area contributed by atoms with Crippen LogP contribution in [0.25, 0.3) is 0 Å². The summed E-state index contributed by atoms with van der Waals surface area (Å²) in [6, 6.07) is 0. The molecule has 0 aromatic heterocycles. The molecule has 2 nitrogen and oxygen atoms in total. The molecule has 0 amide bonds. The minimum atomic E-state index is 0.489. The van der Waals surface area contributed by atoms with Gasteiger partial charge in [-0.25, -0.2) is 0 Å². The zero-order chi connectivity index (χ0) is 7.61. The van der Waals surface area contributed by atoms with E-state index < -0.39 is 0 Å². The monoisotopic (exact) mass is 142 g/mol. The van der Waals surface area contributed by atoms with Crippen molar-refractivity contribution in [3.8, 4) is 0 Å². The fraction of sp³-hybridized carbons (Fsp3) is 1.00. The predicted molar refractivity (Wildman–Crippen MR) is 44.1 cm³/mol. The highest BCUT2D eigenvalue weighted by molar-refractivity contribution is 4.88. The molecule has 1 aliphatic heterocycles. The summed E-state index contributed by atoms with van der Waals surface area (Å²) >= 11 is 0. The van der Waals surface area contributed by atoms with Gasteiger partial charge in [0, 0.05) is 6.54 Å². The summed E-state index contributed by atoms with van der Waals surface area (Å²) in [4.78, 5) is 0. The van der Waals surface area contributed by atoms with Gasteiger partial charge in [0.05, 0.1) is 0 Å². The zero-order valence-corrected chi connectivity index (χ0v) is 7.20. The second kappa shape index (κ2) is 2.89. The van der Waals surface area contributed by atoms with Crippen LogP contribution in [0.1, 0.15) is 13.8 Å². The Labute approximate surface area is 63.4 Å². The average Bonchev–Trinajstić information content (AvgIpc) is 2.13. The van der Waals surface area contributed by atoms with E-state index in [2.05, 4.69) is 24.5 Å². The molecule has 0 saturated carbocycles. The summed E-state index contributed by atoms with van der Waals surface area (Å²) in [5, 5.41) is 6.63. The summed E-state index contributed by atoms with van der Waals surface area (Å²) in [6.45, 7) is 8.14. The molecule has 1 rings (SSSR count). The van der Waals surface area contributed by atoms with Crippen molar-refractivity contribution >= 4 is 0 Å². The van der Waals surface area contributed by atoms with E-state index >= 15 is 0 Å². The highest BCUT2D eigenvalue weighted by Gasteiger charge is 2.33. The molecule has 60 valence electrons. The van der Waals surface area contributed by atoms with E-state index in [1.54, 1.807) is 0 Å². The lowest BCUT2D eigenvalue weighted by molar-refractivity contribution is 0.284. The molecule has 1 fully saturated rings. The van der Waals surface area contributed by atoms with Crippen LogP contribution in [0.4, 0.5) is 0 Å². The lowest BCUT2D eigenvalue weighted by atomic mass is 9.82. The lowest BCUT2D eigenvalue weighted by Gasteiger charge is -2.25. The summed E-state index contributed by atoms with van der Waals surface area (Å²) < 4.78 is 0. The number of hydrogen-bond donors (Lipinski definition) is 2. The van der Waals surface area contributed by atoms with E-state index in [-0.39, 0.29) is 0 Å². The maximum Gasteiger partial charge on any atom is 0.000626 e. The molecule has 0 aliphatic carbocycles. The van der Waals surface area contributed by atoms with E-state index in [9.17, 15) is 0 Å². The predicted octanol–water partition coefficient (Wildman–Crippen LogP) is 0.451. The fourth-order valence-corrected chi connectivity index (χ4v) is 1.58. The maximum absolute atomic E-state index is 3.41. The van der Waals surface area contributed by atoms with Crippen molar-refractivity contribution in [2.75, 3.05) is 26.7 Å². The Kier molecular flexibility index (Phi) is 2.32. The van der Waals surface area contributed by atoms with E-state index in [0.717, 1.165) is 12.5 Å². The SMILES string of the molecule is CNCC1CNCC1(C)C. The molecule has 0 aromatic carbocycles. The zero-order valence-electron chi connectivity index (χ0n) is 7.20. The first kappa shape index (κ1) is 8.02. The summed E-state index contributed by atoms with van der Waals surface area (Å²) in [5.74, 6) is 0.803. The Hall–Kier alpha value is -0.0800. The van der Waals surface area contributed by atoms with Crippen LogP contribution in [0.2, 0.25) is 0 Å². The van der Waals surface area contributed by atoms with Gasteiger partial charge in [0.1, 0.15) is 0 Å². The highest BCUT2D eigenvalue weighted by Crippen LogP contribution is 2.29. The molecule has 0 bridgehead atoms. The van der Waals surface area contributed by atoms with Gasteiger partial charge in [0.15, 0.2) is 0 Å². The molecule has 1 heterocycles. The largest absolute Gasteiger partial charge is 0.319 e. The fourth-order valence-electron chi connectivity index (χ4n) is 1.58. The van der Waals surface area contributed by atoms with Gasteiger partial charge in [-0.05, 0) is 31.5 Å². The molecular weight excluding hydrogens is 124 g/mol. The van der Waals surface area contributed by atoms with Crippen LogP contribution in [-0.4, -0.2) is 26.7 Å². The van der Waals surface area contributed by atoms with Gasteiger partial charge >= 0.3 is 0 Å². The van der Waals surface area contributed by atoms with Gasteiger partial charge in [-0.2, -0.15) is 0 Å². The van der Waals surface area contributed by atoms with Crippen LogP contribution < -0.4 is 10.6 Å². The van der Waals surface area contributed by atoms with Crippen molar-refractivity contribution in [1.82, 2.24) is 10.6 Å². The second-order valence-corrected chi connectivity index (χ2v) is 3.87. The number of rotatable bonds is 2. The highest BCUT2D eigenvalue weighted by atomic mass is 15.0. The molecule has 0 aromatic rings. The average molecular weight is 142 g/mol. The van der Waals surface area contributed by atoms with E-state index in [4.69, 9.17) is 0 Å². The van der Waals surface area contributed by atoms with Gasteiger partial charge < -0.3 is 10.6 Å². The van der Waals surface area contributed by atoms with Crippen LogP contribution in [-0.2, 0) is 0 Å². The van der Waals surface area contributed by atoms with Crippen molar-refractivity contribution < 1.29 is 0 Å². The Morgan fingerprint density at radius 2 is 2.30 bits per heavy atom. The summed E-state index contributed by atoms with van der Waals surface area (Å²) in [7, 11) is 2.02. The van der Waals surface area contributed by atoms with Gasteiger partial charge in [-0.1, -0.05) is 13.8 Å². The van der Waals surface area contributed by atoms with Crippen molar-refractivity contribution in [2.45, 2.75) is 13.8 Å². The van der Waals surface area contributed by atoms with Crippen LogP contribution >= 0.6 is 0 Å². The Bertz CT molecular complexity index is 110. The molecule has 10 heavy (non-hydrogen) atoms. The molecule has 1 saturated heterocycles. The molecule has 2 N–H and O–H groups in total. The van der Waals surface area contributed by atoms with E-state index in [1.165, 1.54) is 13.1 Å². The van der Waals surface area contributed by atoms with Crippen molar-refractivity contribution in [3.05, 3.63) is 0 Å². The van der Waals surface area contributed by atoms with Gasteiger partial charge in [0.25, 0.3) is 0 Å². The van der Waals surface area contributed by atoms with Crippen molar-refractivity contribution in [1.29, 1.82) is 0 Å². The first-order valence-corrected chi connectivity index (χ1v) is 4.02. The molecular formula is C8H18N2. The number of hydrogen-bond acceptors (Lipinski definition) is 2. The minimum absolute atomic E-state index is 0.489. The van der Waals surface area contributed by atoms with E-state index in [0.29, 0.717) is 5.41 Å². The first-order chi connectivity index (χ1) is 4.67. The first-order valence-electron chi connectivity index (χ1n) is 4.02. The van der Waals surface area contributed by atoms with Crippen molar-refractivity contribution in [2.24, 2.45) is 11.3 Å².